The van der Waals surface area contributed by atoms with Gasteiger partial charge < -0.3 is 15.7 Å². The van der Waals surface area contributed by atoms with Crippen molar-refractivity contribution in [3.05, 3.63) is 0 Å². The molecule has 84 valence electrons. The molecule has 2 heterocycles. The Morgan fingerprint density at radius 3 is 2.60 bits per heavy atom. The Morgan fingerprint density at radius 2 is 2.00 bits per heavy atom. The van der Waals surface area contributed by atoms with E-state index in [9.17, 15) is 9.59 Å². The standard InChI is InChI=1S/C9H15N3O3/c13-6-5-12-7(14)9(11-8(12)15)1-3-10-4-2-9/h10,13H,1-6H2,(H,11,15). The second kappa shape index (κ2) is 3.79. The normalized spacial score (nSPS) is 24.7. The Hall–Kier alpha value is -1.14. The monoisotopic (exact) mass is 213 g/mol. The third-order valence-corrected chi connectivity index (χ3v) is 3.03. The number of nitrogens with zero attached hydrogens (tertiary/aromatic N) is 1. The summed E-state index contributed by atoms with van der Waals surface area (Å²) in [6.45, 7) is 1.37. The van der Waals surface area contributed by atoms with Gasteiger partial charge in [-0.25, -0.2) is 4.79 Å². The van der Waals surface area contributed by atoms with Crippen molar-refractivity contribution in [1.82, 2.24) is 15.5 Å². The van der Waals surface area contributed by atoms with E-state index >= 15 is 0 Å². The molecule has 0 bridgehead atoms. The maximum absolute atomic E-state index is 12.0. The number of carbonyl (C=O) groups is 2. The summed E-state index contributed by atoms with van der Waals surface area (Å²) >= 11 is 0. The summed E-state index contributed by atoms with van der Waals surface area (Å²) in [6, 6.07) is -0.379. The predicted molar refractivity (Wildman–Crippen MR) is 52.2 cm³/mol. The number of imide groups is 1. The average Bonchev–Trinajstić information content (AvgIpc) is 2.45. The van der Waals surface area contributed by atoms with Gasteiger partial charge in [0.05, 0.1) is 13.2 Å². The van der Waals surface area contributed by atoms with Crippen LogP contribution in [0.5, 0.6) is 0 Å². The lowest BCUT2D eigenvalue weighted by Crippen LogP contribution is -2.54. The number of piperidine rings is 1. The van der Waals surface area contributed by atoms with Gasteiger partial charge in [-0.3, -0.25) is 9.69 Å². The molecule has 2 rings (SSSR count). The zero-order valence-corrected chi connectivity index (χ0v) is 8.45. The molecule has 0 aromatic carbocycles. The Balaban J connectivity index is 2.15. The van der Waals surface area contributed by atoms with Crippen LogP contribution in [0.2, 0.25) is 0 Å². The van der Waals surface area contributed by atoms with Gasteiger partial charge >= 0.3 is 6.03 Å². The van der Waals surface area contributed by atoms with E-state index in [0.29, 0.717) is 12.8 Å². The van der Waals surface area contributed by atoms with Crippen molar-refractivity contribution in [3.8, 4) is 0 Å². The summed E-state index contributed by atoms with van der Waals surface area (Å²) in [5, 5.41) is 14.6. The Labute approximate surface area is 87.6 Å². The number of β-amino-alcohol motifs (C(OH)–C–C–N with tert-alkyl or cyclic N) is 1. The van der Waals surface area contributed by atoms with Gasteiger partial charge in [-0.2, -0.15) is 0 Å². The first-order chi connectivity index (χ1) is 7.19. The van der Waals surface area contributed by atoms with Gasteiger partial charge in [0.1, 0.15) is 5.54 Å². The molecule has 6 heteroatoms. The van der Waals surface area contributed by atoms with Gasteiger partial charge in [-0.15, -0.1) is 0 Å². The van der Waals surface area contributed by atoms with Gasteiger partial charge in [-0.05, 0) is 25.9 Å². The maximum atomic E-state index is 12.0. The van der Waals surface area contributed by atoms with Crippen LogP contribution in [-0.2, 0) is 4.79 Å². The van der Waals surface area contributed by atoms with Crippen molar-refractivity contribution < 1.29 is 14.7 Å². The molecule has 0 aromatic rings. The number of hydrogen-bond donors (Lipinski definition) is 3. The Morgan fingerprint density at radius 1 is 1.33 bits per heavy atom. The molecule has 0 saturated carbocycles. The lowest BCUT2D eigenvalue weighted by molar-refractivity contribution is -0.132. The molecule has 2 saturated heterocycles. The van der Waals surface area contributed by atoms with Gasteiger partial charge in [0.2, 0.25) is 0 Å². The molecule has 0 unspecified atom stereocenters. The lowest BCUT2D eigenvalue weighted by atomic mass is 9.88. The van der Waals surface area contributed by atoms with Gasteiger partial charge in [-0.1, -0.05) is 0 Å². The van der Waals surface area contributed by atoms with E-state index in [1.165, 1.54) is 0 Å². The number of carbonyl (C=O) groups excluding carboxylic acids is 2. The Kier molecular flexibility index (Phi) is 2.62. The fraction of sp³-hybridized carbons (Fsp3) is 0.778. The third kappa shape index (κ3) is 1.59. The van der Waals surface area contributed by atoms with Crippen LogP contribution >= 0.6 is 0 Å². The van der Waals surface area contributed by atoms with Crippen molar-refractivity contribution in [1.29, 1.82) is 0 Å². The minimum Gasteiger partial charge on any atom is -0.395 e. The first kappa shape index (κ1) is 10.4. The van der Waals surface area contributed by atoms with Crippen molar-refractivity contribution >= 4 is 11.9 Å². The van der Waals surface area contributed by atoms with Gasteiger partial charge in [0.25, 0.3) is 5.91 Å². The number of aliphatic hydroxyl groups is 1. The topological polar surface area (TPSA) is 81.7 Å². The van der Waals surface area contributed by atoms with Crippen molar-refractivity contribution in [2.24, 2.45) is 0 Å². The van der Waals surface area contributed by atoms with Gasteiger partial charge in [0.15, 0.2) is 0 Å². The maximum Gasteiger partial charge on any atom is 0.325 e. The van der Waals surface area contributed by atoms with Crippen LogP contribution in [0.3, 0.4) is 0 Å². The fourth-order valence-corrected chi connectivity index (χ4v) is 2.17. The molecular weight excluding hydrogens is 198 g/mol. The summed E-state index contributed by atoms with van der Waals surface area (Å²) in [5.41, 5.74) is -0.711. The van der Waals surface area contributed by atoms with Crippen LogP contribution in [-0.4, -0.2) is 53.7 Å². The minimum atomic E-state index is -0.711. The minimum absolute atomic E-state index is 0.0832. The summed E-state index contributed by atoms with van der Waals surface area (Å²) in [5.74, 6) is -0.192. The molecule has 0 aromatic heterocycles. The second-order valence-electron chi connectivity index (χ2n) is 3.94. The number of amides is 3. The van der Waals surface area contributed by atoms with E-state index in [1.54, 1.807) is 0 Å². The molecule has 2 aliphatic heterocycles. The van der Waals surface area contributed by atoms with E-state index in [-0.39, 0.29) is 25.1 Å². The first-order valence-corrected chi connectivity index (χ1v) is 5.15. The van der Waals surface area contributed by atoms with Crippen molar-refractivity contribution in [2.45, 2.75) is 18.4 Å². The van der Waals surface area contributed by atoms with Crippen molar-refractivity contribution in [2.75, 3.05) is 26.2 Å². The van der Waals surface area contributed by atoms with Crippen molar-refractivity contribution in [3.63, 3.8) is 0 Å². The van der Waals surface area contributed by atoms with Crippen LogP contribution in [0.25, 0.3) is 0 Å². The molecule has 0 radical (unpaired) electrons. The summed E-state index contributed by atoms with van der Waals surface area (Å²) in [7, 11) is 0. The molecule has 6 nitrogen and oxygen atoms in total. The first-order valence-electron chi connectivity index (χ1n) is 5.15. The number of rotatable bonds is 2. The van der Waals surface area contributed by atoms with Crippen LogP contribution in [0, 0.1) is 0 Å². The van der Waals surface area contributed by atoms with Crippen LogP contribution in [0.15, 0.2) is 0 Å². The SMILES string of the molecule is O=C1NC2(CCNCC2)C(=O)N1CCO. The van der Waals surface area contributed by atoms with E-state index in [0.717, 1.165) is 18.0 Å². The fourth-order valence-electron chi connectivity index (χ4n) is 2.17. The van der Waals surface area contributed by atoms with E-state index < -0.39 is 5.54 Å². The molecular formula is C9H15N3O3. The van der Waals surface area contributed by atoms with E-state index in [2.05, 4.69) is 10.6 Å². The van der Waals surface area contributed by atoms with Crippen LogP contribution in [0.4, 0.5) is 4.79 Å². The highest BCUT2D eigenvalue weighted by Gasteiger charge is 2.50. The highest BCUT2D eigenvalue weighted by Crippen LogP contribution is 2.26. The molecule has 2 fully saturated rings. The molecule has 15 heavy (non-hydrogen) atoms. The molecule has 3 amide bonds. The quantitative estimate of drug-likeness (QED) is 0.495. The van der Waals surface area contributed by atoms with Crippen LogP contribution in [0.1, 0.15) is 12.8 Å². The largest absolute Gasteiger partial charge is 0.395 e. The second-order valence-corrected chi connectivity index (χ2v) is 3.94. The summed E-state index contributed by atoms with van der Waals surface area (Å²) < 4.78 is 0. The number of hydrogen-bond acceptors (Lipinski definition) is 4. The summed E-state index contributed by atoms with van der Waals surface area (Å²) in [4.78, 5) is 24.6. The highest BCUT2D eigenvalue weighted by molar-refractivity contribution is 6.07. The molecule has 2 aliphatic rings. The third-order valence-electron chi connectivity index (χ3n) is 3.03. The van der Waals surface area contributed by atoms with Gasteiger partial charge in [0, 0.05) is 0 Å². The lowest BCUT2D eigenvalue weighted by Gasteiger charge is -2.30. The van der Waals surface area contributed by atoms with Crippen LogP contribution < -0.4 is 10.6 Å². The number of urea groups is 1. The zero-order valence-electron chi connectivity index (χ0n) is 8.45. The zero-order chi connectivity index (χ0) is 10.9. The smallest absolute Gasteiger partial charge is 0.325 e. The van der Waals surface area contributed by atoms with E-state index in [4.69, 9.17) is 5.11 Å². The molecule has 0 aliphatic carbocycles. The van der Waals surface area contributed by atoms with E-state index in [1.807, 2.05) is 0 Å². The highest BCUT2D eigenvalue weighted by atomic mass is 16.3. The molecule has 1 spiro atoms. The Bertz CT molecular complexity index is 286. The predicted octanol–water partition coefficient (Wildman–Crippen LogP) is -1.35. The molecule has 3 N–H and O–H groups in total. The summed E-state index contributed by atoms with van der Waals surface area (Å²) in [6.07, 6.45) is 1.25. The number of aliphatic hydroxyl groups excluding tert-OH is 1. The number of nitrogens with one attached hydrogen (secondary N) is 2. The molecule has 0 atom stereocenters. The average molecular weight is 213 g/mol.